The first kappa shape index (κ1) is 12.8. The fourth-order valence-corrected chi connectivity index (χ4v) is 2.40. The summed E-state index contributed by atoms with van der Waals surface area (Å²) in [4.78, 5) is 38.9. The minimum atomic E-state index is -0.745. The van der Waals surface area contributed by atoms with E-state index in [-0.39, 0.29) is 24.9 Å². The van der Waals surface area contributed by atoms with Crippen LogP contribution in [0.1, 0.15) is 32.1 Å². The molecule has 1 aliphatic heterocycles. The molecule has 18 heavy (non-hydrogen) atoms. The highest BCUT2D eigenvalue weighted by molar-refractivity contribution is 6.01. The smallest absolute Gasteiger partial charge is 0.315 e. The van der Waals surface area contributed by atoms with Crippen molar-refractivity contribution in [1.82, 2.24) is 15.7 Å². The van der Waals surface area contributed by atoms with Crippen LogP contribution in [0.2, 0.25) is 0 Å². The van der Waals surface area contributed by atoms with E-state index in [1.807, 2.05) is 7.05 Å². The number of carbonyl (C=O) groups is 3. The molecule has 1 saturated heterocycles. The first-order chi connectivity index (χ1) is 8.61. The largest absolute Gasteiger partial charge is 0.432 e. The zero-order chi connectivity index (χ0) is 13.1. The second-order valence-corrected chi connectivity index (χ2v) is 4.54. The van der Waals surface area contributed by atoms with Crippen LogP contribution in [0, 0.1) is 0 Å². The Morgan fingerprint density at radius 2 is 1.83 bits per heavy atom. The van der Waals surface area contributed by atoms with Crippen molar-refractivity contribution >= 4 is 17.9 Å². The molecule has 0 aromatic carbocycles. The van der Waals surface area contributed by atoms with Gasteiger partial charge >= 0.3 is 6.09 Å². The molecule has 0 bridgehead atoms. The van der Waals surface area contributed by atoms with Crippen LogP contribution in [0.15, 0.2) is 0 Å². The summed E-state index contributed by atoms with van der Waals surface area (Å²) in [6.07, 6.45) is 2.35. The van der Waals surface area contributed by atoms with E-state index in [0.29, 0.717) is 5.06 Å². The van der Waals surface area contributed by atoms with Crippen molar-refractivity contribution in [3.8, 4) is 0 Å². The van der Waals surface area contributed by atoms with E-state index in [1.165, 1.54) is 0 Å². The molecule has 2 aliphatic rings. The average molecular weight is 255 g/mol. The molecule has 2 N–H and O–H groups in total. The standard InChI is InChI=1S/C11H17N3O4/c1-12-7-3-2-4-8(7)13-11(17)18-14-9(15)5-6-10(14)16/h7-8,12H,2-6H2,1H3,(H,13,17). The Bertz CT molecular complexity index is 355. The summed E-state index contributed by atoms with van der Waals surface area (Å²) in [6.45, 7) is 0. The summed E-state index contributed by atoms with van der Waals surface area (Å²) in [5, 5.41) is 6.35. The fraction of sp³-hybridized carbons (Fsp3) is 0.727. The second kappa shape index (κ2) is 5.34. The molecule has 2 unspecified atom stereocenters. The number of hydroxylamine groups is 2. The van der Waals surface area contributed by atoms with Crippen LogP contribution >= 0.6 is 0 Å². The van der Waals surface area contributed by atoms with E-state index in [4.69, 9.17) is 4.84 Å². The first-order valence-corrected chi connectivity index (χ1v) is 6.13. The van der Waals surface area contributed by atoms with Gasteiger partial charge in [-0.2, -0.15) is 0 Å². The molecular weight excluding hydrogens is 238 g/mol. The lowest BCUT2D eigenvalue weighted by Crippen LogP contribution is -2.47. The van der Waals surface area contributed by atoms with Crippen LogP contribution in [-0.4, -0.2) is 42.1 Å². The van der Waals surface area contributed by atoms with Gasteiger partial charge < -0.3 is 15.5 Å². The average Bonchev–Trinajstić information content (AvgIpc) is 2.90. The number of carbonyl (C=O) groups excluding carboxylic acids is 3. The van der Waals surface area contributed by atoms with Crippen molar-refractivity contribution in [3.05, 3.63) is 0 Å². The van der Waals surface area contributed by atoms with Gasteiger partial charge in [0.2, 0.25) is 0 Å². The molecule has 2 atom stereocenters. The van der Waals surface area contributed by atoms with Crippen LogP contribution in [0.3, 0.4) is 0 Å². The predicted octanol–water partition coefficient (Wildman–Crippen LogP) is -0.0829. The number of rotatable bonds is 3. The number of likely N-dealkylation sites (N-methyl/N-ethyl adjacent to an activating group) is 1. The lowest BCUT2D eigenvalue weighted by atomic mass is 10.2. The number of nitrogens with one attached hydrogen (secondary N) is 2. The van der Waals surface area contributed by atoms with Crippen molar-refractivity contribution in [2.24, 2.45) is 0 Å². The van der Waals surface area contributed by atoms with Gasteiger partial charge in [-0.05, 0) is 26.3 Å². The summed E-state index contributed by atoms with van der Waals surface area (Å²) in [6, 6.07) is 0.192. The molecule has 7 nitrogen and oxygen atoms in total. The summed E-state index contributed by atoms with van der Waals surface area (Å²) in [7, 11) is 1.84. The third-order valence-electron chi connectivity index (χ3n) is 3.37. The quantitative estimate of drug-likeness (QED) is 0.688. The Hall–Kier alpha value is -1.63. The Morgan fingerprint density at radius 1 is 1.22 bits per heavy atom. The number of hydrogen-bond acceptors (Lipinski definition) is 5. The number of imide groups is 1. The van der Waals surface area contributed by atoms with Crippen molar-refractivity contribution < 1.29 is 19.2 Å². The highest BCUT2D eigenvalue weighted by atomic mass is 16.7. The number of nitrogens with zero attached hydrogens (tertiary/aromatic N) is 1. The third-order valence-corrected chi connectivity index (χ3v) is 3.37. The third kappa shape index (κ3) is 2.61. The Labute approximate surface area is 105 Å². The van der Waals surface area contributed by atoms with E-state index in [1.54, 1.807) is 0 Å². The van der Waals surface area contributed by atoms with Crippen LogP contribution in [-0.2, 0) is 14.4 Å². The molecule has 0 spiro atoms. The van der Waals surface area contributed by atoms with E-state index in [0.717, 1.165) is 19.3 Å². The molecule has 2 fully saturated rings. The molecule has 1 heterocycles. The molecule has 3 amide bonds. The zero-order valence-corrected chi connectivity index (χ0v) is 10.3. The first-order valence-electron chi connectivity index (χ1n) is 6.13. The van der Waals surface area contributed by atoms with Crippen LogP contribution in [0.5, 0.6) is 0 Å². The van der Waals surface area contributed by atoms with Gasteiger partial charge in [-0.25, -0.2) is 4.79 Å². The molecule has 100 valence electrons. The van der Waals surface area contributed by atoms with E-state index >= 15 is 0 Å². The summed E-state index contributed by atoms with van der Waals surface area (Å²) < 4.78 is 0. The molecule has 1 saturated carbocycles. The number of hydrogen-bond donors (Lipinski definition) is 2. The number of amides is 3. The highest BCUT2D eigenvalue weighted by Gasteiger charge is 2.34. The normalized spacial score (nSPS) is 27.7. The lowest BCUT2D eigenvalue weighted by molar-refractivity contribution is -0.171. The summed E-state index contributed by atoms with van der Waals surface area (Å²) in [5.41, 5.74) is 0. The molecule has 0 aromatic rings. The highest BCUT2D eigenvalue weighted by Crippen LogP contribution is 2.19. The monoisotopic (exact) mass is 255 g/mol. The van der Waals surface area contributed by atoms with Crippen molar-refractivity contribution in [2.45, 2.75) is 44.2 Å². The fourth-order valence-electron chi connectivity index (χ4n) is 2.40. The topological polar surface area (TPSA) is 87.7 Å². The van der Waals surface area contributed by atoms with E-state index < -0.39 is 17.9 Å². The Balaban J connectivity index is 1.85. The second-order valence-electron chi connectivity index (χ2n) is 4.54. The van der Waals surface area contributed by atoms with Gasteiger partial charge in [0.05, 0.1) is 0 Å². The Morgan fingerprint density at radius 3 is 2.44 bits per heavy atom. The minimum absolute atomic E-state index is 0.0182. The maximum absolute atomic E-state index is 11.6. The maximum Gasteiger partial charge on any atom is 0.432 e. The molecule has 7 heteroatoms. The van der Waals surface area contributed by atoms with Gasteiger partial charge in [0.25, 0.3) is 11.8 Å². The molecule has 0 radical (unpaired) electrons. The summed E-state index contributed by atoms with van der Waals surface area (Å²) in [5.74, 6) is -0.932. The lowest BCUT2D eigenvalue weighted by Gasteiger charge is -2.21. The predicted molar refractivity (Wildman–Crippen MR) is 61.2 cm³/mol. The van der Waals surface area contributed by atoms with Crippen LogP contribution in [0.4, 0.5) is 4.79 Å². The van der Waals surface area contributed by atoms with Gasteiger partial charge in [0, 0.05) is 24.9 Å². The molecule has 0 aromatic heterocycles. The van der Waals surface area contributed by atoms with E-state index in [2.05, 4.69) is 10.6 Å². The van der Waals surface area contributed by atoms with Crippen molar-refractivity contribution in [2.75, 3.05) is 7.05 Å². The Kier molecular flexibility index (Phi) is 3.81. The maximum atomic E-state index is 11.6. The minimum Gasteiger partial charge on any atom is -0.315 e. The van der Waals surface area contributed by atoms with Gasteiger partial charge in [-0.15, -0.1) is 5.06 Å². The molecule has 1 aliphatic carbocycles. The zero-order valence-electron chi connectivity index (χ0n) is 10.3. The molecular formula is C11H17N3O4. The van der Waals surface area contributed by atoms with Crippen LogP contribution in [0.25, 0.3) is 0 Å². The summed E-state index contributed by atoms with van der Waals surface area (Å²) >= 11 is 0. The van der Waals surface area contributed by atoms with Gasteiger partial charge in [-0.1, -0.05) is 0 Å². The van der Waals surface area contributed by atoms with Gasteiger partial charge in [-0.3, -0.25) is 9.59 Å². The van der Waals surface area contributed by atoms with Gasteiger partial charge in [0.1, 0.15) is 0 Å². The van der Waals surface area contributed by atoms with Crippen molar-refractivity contribution in [3.63, 3.8) is 0 Å². The van der Waals surface area contributed by atoms with E-state index in [9.17, 15) is 14.4 Å². The van der Waals surface area contributed by atoms with Crippen molar-refractivity contribution in [1.29, 1.82) is 0 Å². The van der Waals surface area contributed by atoms with Crippen LogP contribution < -0.4 is 10.6 Å². The van der Waals surface area contributed by atoms with Gasteiger partial charge in [0.15, 0.2) is 0 Å². The molecule has 2 rings (SSSR count). The SMILES string of the molecule is CNC1CCCC1NC(=O)ON1C(=O)CCC1=O.